The quantitative estimate of drug-likeness (QED) is 0.925. The van der Waals surface area contributed by atoms with Crippen LogP contribution >= 0.6 is 0 Å². The van der Waals surface area contributed by atoms with Crippen LogP contribution in [-0.4, -0.2) is 29.0 Å². The van der Waals surface area contributed by atoms with Gasteiger partial charge in [-0.25, -0.2) is 0 Å². The molecule has 114 valence electrons. The molecule has 3 rings (SSSR count). The number of aliphatic hydroxyl groups excluding tert-OH is 1. The molecule has 1 N–H and O–H groups in total. The van der Waals surface area contributed by atoms with Crippen molar-refractivity contribution in [3.05, 3.63) is 35.4 Å². The predicted molar refractivity (Wildman–Crippen MR) is 82.7 cm³/mol. The fourth-order valence-corrected chi connectivity index (χ4v) is 3.38. The Morgan fingerprint density at radius 2 is 1.67 bits per heavy atom. The Morgan fingerprint density at radius 1 is 1.05 bits per heavy atom. The van der Waals surface area contributed by atoms with E-state index in [1.54, 1.807) is 0 Å². The molecule has 1 saturated heterocycles. The molecule has 2 fully saturated rings. The number of benzene rings is 1. The zero-order valence-electron chi connectivity index (χ0n) is 12.6. The summed E-state index contributed by atoms with van der Waals surface area (Å²) in [6, 6.07) is 8.25. The predicted octanol–water partition coefficient (Wildman–Crippen LogP) is 2.76. The van der Waals surface area contributed by atoms with Crippen molar-refractivity contribution in [2.75, 3.05) is 13.1 Å². The minimum absolute atomic E-state index is 0.113. The van der Waals surface area contributed by atoms with Crippen LogP contribution in [0.1, 0.15) is 43.2 Å². The van der Waals surface area contributed by atoms with Gasteiger partial charge in [0.05, 0.1) is 6.61 Å². The van der Waals surface area contributed by atoms with Gasteiger partial charge in [-0.2, -0.15) is 0 Å². The maximum absolute atomic E-state index is 12.2. The molecular weight excluding hydrogens is 262 g/mol. The lowest BCUT2D eigenvalue weighted by Gasteiger charge is -2.36. The smallest absolute Gasteiger partial charge is 0.225 e. The second kappa shape index (κ2) is 6.61. The number of hydrogen-bond donors (Lipinski definition) is 1. The molecule has 0 unspecified atom stereocenters. The van der Waals surface area contributed by atoms with E-state index in [4.69, 9.17) is 5.11 Å². The molecule has 1 amide bonds. The average molecular weight is 287 g/mol. The standard InChI is InChI=1S/C18H25NO2/c20-13-16-6-4-14(5-7-16)12-15-8-10-19(11-9-15)18(21)17-2-1-3-17/h4-7,15,17,20H,1-3,8-13H2. The zero-order chi connectivity index (χ0) is 14.7. The lowest BCUT2D eigenvalue weighted by molar-refractivity contribution is -0.139. The van der Waals surface area contributed by atoms with Gasteiger partial charge in [0.25, 0.3) is 0 Å². The molecule has 1 heterocycles. The molecule has 2 aliphatic rings. The van der Waals surface area contributed by atoms with Crippen LogP contribution in [-0.2, 0) is 17.8 Å². The maximum atomic E-state index is 12.2. The van der Waals surface area contributed by atoms with Gasteiger partial charge in [0, 0.05) is 19.0 Å². The highest BCUT2D eigenvalue weighted by molar-refractivity contribution is 5.79. The molecule has 1 saturated carbocycles. The van der Waals surface area contributed by atoms with Gasteiger partial charge in [0.15, 0.2) is 0 Å². The lowest BCUT2D eigenvalue weighted by atomic mass is 9.83. The Kier molecular flexibility index (Phi) is 4.59. The Balaban J connectivity index is 1.47. The summed E-state index contributed by atoms with van der Waals surface area (Å²) in [5.41, 5.74) is 2.32. The van der Waals surface area contributed by atoms with Gasteiger partial charge in [0.2, 0.25) is 5.91 Å². The highest BCUT2D eigenvalue weighted by Gasteiger charge is 2.31. The number of amides is 1. The SMILES string of the molecule is O=C(C1CCC1)N1CCC(Cc2ccc(CO)cc2)CC1. The van der Waals surface area contributed by atoms with Gasteiger partial charge >= 0.3 is 0 Å². The highest BCUT2D eigenvalue weighted by atomic mass is 16.3. The molecule has 0 spiro atoms. The topological polar surface area (TPSA) is 40.5 Å². The third-order valence-electron chi connectivity index (χ3n) is 5.11. The molecule has 0 bridgehead atoms. The van der Waals surface area contributed by atoms with E-state index in [-0.39, 0.29) is 6.61 Å². The van der Waals surface area contributed by atoms with E-state index in [0.717, 1.165) is 50.8 Å². The third-order valence-corrected chi connectivity index (χ3v) is 5.11. The first kappa shape index (κ1) is 14.6. The van der Waals surface area contributed by atoms with E-state index in [0.29, 0.717) is 17.7 Å². The molecular formula is C18H25NO2. The summed E-state index contributed by atoms with van der Waals surface area (Å²) in [7, 11) is 0. The van der Waals surface area contributed by atoms with E-state index in [1.807, 2.05) is 12.1 Å². The average Bonchev–Trinajstić information content (AvgIpc) is 2.47. The molecule has 1 aromatic rings. The van der Waals surface area contributed by atoms with Crippen molar-refractivity contribution in [3.8, 4) is 0 Å². The number of likely N-dealkylation sites (tertiary alicyclic amines) is 1. The maximum Gasteiger partial charge on any atom is 0.225 e. The molecule has 0 atom stereocenters. The number of aliphatic hydroxyl groups is 1. The zero-order valence-corrected chi connectivity index (χ0v) is 12.6. The van der Waals surface area contributed by atoms with Gasteiger partial charge in [-0.3, -0.25) is 4.79 Å². The fraction of sp³-hybridized carbons (Fsp3) is 0.611. The first-order valence-corrected chi connectivity index (χ1v) is 8.23. The summed E-state index contributed by atoms with van der Waals surface area (Å²) >= 11 is 0. The van der Waals surface area contributed by atoms with E-state index in [9.17, 15) is 4.79 Å². The third kappa shape index (κ3) is 3.46. The van der Waals surface area contributed by atoms with Crippen LogP contribution < -0.4 is 0 Å². The first-order chi connectivity index (χ1) is 10.3. The van der Waals surface area contributed by atoms with Crippen LogP contribution in [0.5, 0.6) is 0 Å². The Bertz CT molecular complexity index is 470. The van der Waals surface area contributed by atoms with Crippen molar-refractivity contribution in [2.24, 2.45) is 11.8 Å². The normalized spacial score (nSPS) is 20.3. The first-order valence-electron chi connectivity index (χ1n) is 8.23. The number of nitrogens with zero attached hydrogens (tertiary/aromatic N) is 1. The van der Waals surface area contributed by atoms with Crippen LogP contribution in [0.3, 0.4) is 0 Å². The van der Waals surface area contributed by atoms with Gasteiger partial charge in [-0.05, 0) is 49.1 Å². The second-order valence-corrected chi connectivity index (χ2v) is 6.58. The summed E-state index contributed by atoms with van der Waals surface area (Å²) < 4.78 is 0. The largest absolute Gasteiger partial charge is 0.392 e. The minimum atomic E-state index is 0.113. The van der Waals surface area contributed by atoms with Gasteiger partial charge in [-0.15, -0.1) is 0 Å². The molecule has 1 aliphatic carbocycles. The Labute approximate surface area is 127 Å². The van der Waals surface area contributed by atoms with E-state index >= 15 is 0 Å². The summed E-state index contributed by atoms with van der Waals surface area (Å²) in [5, 5.41) is 9.06. The molecule has 21 heavy (non-hydrogen) atoms. The van der Waals surface area contributed by atoms with Crippen LogP contribution in [0.4, 0.5) is 0 Å². The van der Waals surface area contributed by atoms with Crippen molar-refractivity contribution < 1.29 is 9.90 Å². The van der Waals surface area contributed by atoms with Crippen molar-refractivity contribution in [1.82, 2.24) is 4.90 Å². The monoisotopic (exact) mass is 287 g/mol. The second-order valence-electron chi connectivity index (χ2n) is 6.58. The van der Waals surface area contributed by atoms with E-state index in [2.05, 4.69) is 17.0 Å². The Morgan fingerprint density at radius 3 is 2.19 bits per heavy atom. The van der Waals surface area contributed by atoms with Gasteiger partial charge < -0.3 is 10.0 Å². The highest BCUT2D eigenvalue weighted by Crippen LogP contribution is 2.30. The number of carbonyl (C=O) groups is 1. The van der Waals surface area contributed by atoms with E-state index < -0.39 is 0 Å². The molecule has 1 aromatic carbocycles. The summed E-state index contributed by atoms with van der Waals surface area (Å²) in [6.45, 7) is 1.99. The van der Waals surface area contributed by atoms with Crippen LogP contribution in [0.15, 0.2) is 24.3 Å². The fourth-order valence-electron chi connectivity index (χ4n) is 3.38. The summed E-state index contributed by atoms with van der Waals surface area (Å²) in [5.74, 6) is 1.44. The van der Waals surface area contributed by atoms with Crippen molar-refractivity contribution >= 4 is 5.91 Å². The van der Waals surface area contributed by atoms with Crippen molar-refractivity contribution in [3.63, 3.8) is 0 Å². The Hall–Kier alpha value is -1.35. The summed E-state index contributed by atoms with van der Waals surface area (Å²) in [4.78, 5) is 14.3. The van der Waals surface area contributed by atoms with Crippen LogP contribution in [0.25, 0.3) is 0 Å². The van der Waals surface area contributed by atoms with Crippen molar-refractivity contribution in [1.29, 1.82) is 0 Å². The van der Waals surface area contributed by atoms with Crippen molar-refractivity contribution in [2.45, 2.75) is 45.1 Å². The number of hydrogen-bond acceptors (Lipinski definition) is 2. The number of piperidine rings is 1. The molecule has 0 aromatic heterocycles. The van der Waals surface area contributed by atoms with E-state index in [1.165, 1.54) is 12.0 Å². The molecule has 3 heteroatoms. The van der Waals surface area contributed by atoms with Gasteiger partial charge in [0.1, 0.15) is 0 Å². The molecule has 0 radical (unpaired) electrons. The lowest BCUT2D eigenvalue weighted by Crippen LogP contribution is -2.43. The molecule has 1 aliphatic heterocycles. The molecule has 3 nitrogen and oxygen atoms in total. The number of rotatable bonds is 4. The minimum Gasteiger partial charge on any atom is -0.392 e. The van der Waals surface area contributed by atoms with Gasteiger partial charge in [-0.1, -0.05) is 30.7 Å². The van der Waals surface area contributed by atoms with Crippen LogP contribution in [0.2, 0.25) is 0 Å². The number of carbonyl (C=O) groups excluding carboxylic acids is 1. The van der Waals surface area contributed by atoms with Crippen LogP contribution in [0, 0.1) is 11.8 Å². The summed E-state index contributed by atoms with van der Waals surface area (Å²) in [6.07, 6.45) is 6.79.